The zero-order valence-electron chi connectivity index (χ0n) is 12.8. The summed E-state index contributed by atoms with van der Waals surface area (Å²) in [5.74, 6) is 0.0938. The van der Waals surface area contributed by atoms with E-state index < -0.39 is 10.0 Å². The number of aromatic nitrogens is 2. The summed E-state index contributed by atoms with van der Waals surface area (Å²) in [6.45, 7) is -0.141. The second-order valence-corrected chi connectivity index (χ2v) is 7.82. The third-order valence-electron chi connectivity index (χ3n) is 3.07. The van der Waals surface area contributed by atoms with Gasteiger partial charge in [0.1, 0.15) is 5.75 Å². The van der Waals surface area contributed by atoms with Crippen LogP contribution in [0.15, 0.2) is 51.9 Å². The van der Waals surface area contributed by atoms with Crippen LogP contribution in [0, 0.1) is 0 Å². The first-order chi connectivity index (χ1) is 12.3. The van der Waals surface area contributed by atoms with E-state index in [1.165, 1.54) is 24.3 Å². The summed E-state index contributed by atoms with van der Waals surface area (Å²) < 4.78 is 37.0. The second-order valence-electron chi connectivity index (χ2n) is 4.92. The van der Waals surface area contributed by atoms with E-state index in [9.17, 15) is 8.42 Å². The van der Waals surface area contributed by atoms with Crippen molar-refractivity contribution in [2.24, 2.45) is 0 Å². The number of ether oxygens (including phenoxy) is 1. The SMILES string of the molecule is O=S(=O)(Nc1noc(COc2cc(Cl)c(Cl)cc2Cl)n1)c1ccccc1. The number of hydrogen-bond donors (Lipinski definition) is 1. The van der Waals surface area contributed by atoms with Gasteiger partial charge in [-0.2, -0.15) is 4.98 Å². The van der Waals surface area contributed by atoms with Crippen molar-refractivity contribution < 1.29 is 17.7 Å². The third-order valence-corrected chi connectivity index (χ3v) is 5.43. The Bertz CT molecular complexity index is 1030. The number of nitrogens with one attached hydrogen (secondary N) is 1. The van der Waals surface area contributed by atoms with Gasteiger partial charge in [0, 0.05) is 6.07 Å². The molecule has 0 aliphatic carbocycles. The highest BCUT2D eigenvalue weighted by Gasteiger charge is 2.18. The molecule has 11 heteroatoms. The van der Waals surface area contributed by atoms with E-state index in [1.54, 1.807) is 18.2 Å². The van der Waals surface area contributed by atoms with Gasteiger partial charge in [0.2, 0.25) is 0 Å². The first-order valence-corrected chi connectivity index (χ1v) is 9.64. The largest absolute Gasteiger partial charge is 0.482 e. The van der Waals surface area contributed by atoms with Crippen molar-refractivity contribution in [2.75, 3.05) is 4.72 Å². The lowest BCUT2D eigenvalue weighted by atomic mass is 10.3. The second kappa shape index (κ2) is 7.71. The Morgan fingerprint density at radius 3 is 2.46 bits per heavy atom. The third kappa shape index (κ3) is 4.39. The van der Waals surface area contributed by atoms with Gasteiger partial charge in [-0.25, -0.2) is 13.1 Å². The number of sulfonamides is 1. The summed E-state index contributed by atoms with van der Waals surface area (Å²) in [5.41, 5.74) is 0. The van der Waals surface area contributed by atoms with E-state index in [1.807, 2.05) is 0 Å². The van der Waals surface area contributed by atoms with Gasteiger partial charge in [-0.15, -0.1) is 0 Å². The van der Waals surface area contributed by atoms with Crippen molar-refractivity contribution in [1.82, 2.24) is 10.1 Å². The monoisotopic (exact) mass is 433 g/mol. The van der Waals surface area contributed by atoms with Gasteiger partial charge in [-0.05, 0) is 23.4 Å². The predicted octanol–water partition coefficient (Wildman–Crippen LogP) is 4.41. The molecule has 1 aromatic heterocycles. The zero-order valence-corrected chi connectivity index (χ0v) is 15.9. The fourth-order valence-electron chi connectivity index (χ4n) is 1.89. The van der Waals surface area contributed by atoms with Crippen molar-refractivity contribution in [1.29, 1.82) is 0 Å². The van der Waals surface area contributed by atoms with Crippen LogP contribution >= 0.6 is 34.8 Å². The molecule has 0 bridgehead atoms. The topological polar surface area (TPSA) is 94.3 Å². The van der Waals surface area contributed by atoms with E-state index in [0.717, 1.165) is 0 Å². The molecule has 0 aliphatic rings. The van der Waals surface area contributed by atoms with E-state index in [-0.39, 0.29) is 39.1 Å². The van der Waals surface area contributed by atoms with Gasteiger partial charge in [-0.3, -0.25) is 0 Å². The molecule has 0 spiro atoms. The highest BCUT2D eigenvalue weighted by atomic mass is 35.5. The van der Waals surface area contributed by atoms with Crippen LogP contribution < -0.4 is 9.46 Å². The molecule has 7 nitrogen and oxygen atoms in total. The minimum Gasteiger partial charge on any atom is -0.482 e. The lowest BCUT2D eigenvalue weighted by Gasteiger charge is -2.07. The van der Waals surface area contributed by atoms with E-state index in [4.69, 9.17) is 44.1 Å². The van der Waals surface area contributed by atoms with Crippen LogP contribution in [0.25, 0.3) is 0 Å². The van der Waals surface area contributed by atoms with Crippen LogP contribution in [0.1, 0.15) is 5.89 Å². The van der Waals surface area contributed by atoms with Crippen LogP contribution in [-0.4, -0.2) is 18.6 Å². The van der Waals surface area contributed by atoms with Gasteiger partial charge < -0.3 is 9.26 Å². The smallest absolute Gasteiger partial charge is 0.277 e. The van der Waals surface area contributed by atoms with Crippen molar-refractivity contribution >= 4 is 50.8 Å². The molecule has 1 N–H and O–H groups in total. The maximum Gasteiger partial charge on any atom is 0.277 e. The van der Waals surface area contributed by atoms with Crippen LogP contribution in [0.4, 0.5) is 5.95 Å². The molecule has 26 heavy (non-hydrogen) atoms. The Labute approximate surface area is 163 Å². The summed E-state index contributed by atoms with van der Waals surface area (Å²) in [5, 5.41) is 4.37. The summed E-state index contributed by atoms with van der Waals surface area (Å²) in [4.78, 5) is 3.98. The summed E-state index contributed by atoms with van der Waals surface area (Å²) in [6, 6.07) is 10.7. The van der Waals surface area contributed by atoms with Gasteiger partial charge >= 0.3 is 0 Å². The average molecular weight is 435 g/mol. The molecule has 1 heterocycles. The number of rotatable bonds is 6. The lowest BCUT2D eigenvalue weighted by molar-refractivity contribution is 0.243. The minimum absolute atomic E-state index is 0.0397. The van der Waals surface area contributed by atoms with Gasteiger partial charge in [0.05, 0.1) is 20.0 Å². The fourth-order valence-corrected chi connectivity index (χ4v) is 3.44. The molecule has 0 radical (unpaired) electrons. The average Bonchev–Trinajstić information content (AvgIpc) is 3.04. The minimum atomic E-state index is -3.81. The van der Waals surface area contributed by atoms with Crippen LogP contribution in [-0.2, 0) is 16.6 Å². The maximum atomic E-state index is 12.2. The maximum absolute atomic E-state index is 12.2. The Hall–Kier alpha value is -2.00. The van der Waals surface area contributed by atoms with E-state index >= 15 is 0 Å². The number of hydrogen-bond acceptors (Lipinski definition) is 6. The number of benzene rings is 2. The highest BCUT2D eigenvalue weighted by Crippen LogP contribution is 2.34. The quantitative estimate of drug-likeness (QED) is 0.578. The van der Waals surface area contributed by atoms with Crippen LogP contribution in [0.3, 0.4) is 0 Å². The number of anilines is 1. The summed E-state index contributed by atoms with van der Waals surface area (Å²) in [7, 11) is -3.81. The fraction of sp³-hybridized carbons (Fsp3) is 0.0667. The molecular formula is C15H10Cl3N3O4S. The highest BCUT2D eigenvalue weighted by molar-refractivity contribution is 7.92. The standard InChI is InChI=1S/C15H10Cl3N3O4S/c16-10-6-12(18)13(7-11(10)17)24-8-14-19-15(20-25-14)21-26(22,23)9-4-2-1-3-5-9/h1-7H,8H2,(H,20,21). The van der Waals surface area contributed by atoms with E-state index in [2.05, 4.69) is 14.9 Å². The predicted molar refractivity (Wildman–Crippen MR) is 97.4 cm³/mol. The molecular weight excluding hydrogens is 425 g/mol. The molecule has 0 atom stereocenters. The first-order valence-electron chi connectivity index (χ1n) is 7.03. The number of halogens is 3. The van der Waals surface area contributed by atoms with E-state index in [0.29, 0.717) is 5.02 Å². The van der Waals surface area contributed by atoms with Gasteiger partial charge in [-0.1, -0.05) is 53.0 Å². The van der Waals surface area contributed by atoms with Crippen molar-refractivity contribution in [3.63, 3.8) is 0 Å². The molecule has 0 fully saturated rings. The van der Waals surface area contributed by atoms with Crippen molar-refractivity contribution in [3.8, 4) is 5.75 Å². The van der Waals surface area contributed by atoms with Gasteiger partial charge in [0.25, 0.3) is 21.9 Å². The Balaban J connectivity index is 1.68. The molecule has 3 rings (SSSR count). The van der Waals surface area contributed by atoms with Crippen LogP contribution in [0.2, 0.25) is 15.1 Å². The molecule has 2 aromatic carbocycles. The molecule has 0 saturated heterocycles. The molecule has 0 unspecified atom stereocenters. The summed E-state index contributed by atoms with van der Waals surface area (Å²) >= 11 is 17.7. The zero-order chi connectivity index (χ0) is 18.7. The molecule has 136 valence electrons. The molecule has 0 saturated carbocycles. The first kappa shape index (κ1) is 18.8. The van der Waals surface area contributed by atoms with Crippen molar-refractivity contribution in [3.05, 3.63) is 63.4 Å². The van der Waals surface area contributed by atoms with Gasteiger partial charge in [0.15, 0.2) is 6.61 Å². The van der Waals surface area contributed by atoms with Crippen LogP contribution in [0.5, 0.6) is 5.75 Å². The lowest BCUT2D eigenvalue weighted by Crippen LogP contribution is -2.13. The number of nitrogens with zero attached hydrogens (tertiary/aromatic N) is 2. The normalized spacial score (nSPS) is 11.3. The Morgan fingerprint density at radius 1 is 1.04 bits per heavy atom. The Kier molecular flexibility index (Phi) is 5.57. The molecule has 3 aromatic rings. The van der Waals surface area contributed by atoms with Crippen molar-refractivity contribution in [2.45, 2.75) is 11.5 Å². The Morgan fingerprint density at radius 2 is 1.73 bits per heavy atom. The molecule has 0 amide bonds. The summed E-state index contributed by atoms with van der Waals surface area (Å²) in [6.07, 6.45) is 0. The molecule has 0 aliphatic heterocycles.